The molecule has 0 radical (unpaired) electrons. The van der Waals surface area contributed by atoms with Gasteiger partial charge in [-0.2, -0.15) is 5.10 Å². The molecular weight excluding hydrogens is 1130 g/mol. The number of anilines is 2. The lowest BCUT2D eigenvalue weighted by atomic mass is 9.83. The van der Waals surface area contributed by atoms with Gasteiger partial charge in [-0.15, -0.1) is 0 Å². The number of hydrogen-bond acceptors (Lipinski definition) is 16. The van der Waals surface area contributed by atoms with Gasteiger partial charge in [-0.25, -0.2) is 14.1 Å². The number of aryl methyl sites for hydroxylation is 2. The highest BCUT2D eigenvalue weighted by molar-refractivity contribution is 5.97. The molecule has 0 saturated carbocycles. The summed E-state index contributed by atoms with van der Waals surface area (Å²) in [5.41, 5.74) is 13.7. The van der Waals surface area contributed by atoms with Gasteiger partial charge in [-0.1, -0.05) is 51.1 Å². The Kier molecular flexibility index (Phi) is 22.2. The third kappa shape index (κ3) is 15.8. The van der Waals surface area contributed by atoms with Crippen LogP contribution in [0.25, 0.3) is 11.1 Å². The van der Waals surface area contributed by atoms with Crippen LogP contribution >= 0.6 is 0 Å². The number of methoxy groups -OCH3 is 1. The first-order valence-corrected chi connectivity index (χ1v) is 30.9. The Hall–Kier alpha value is -7.50. The molecule has 0 unspecified atom stereocenters. The van der Waals surface area contributed by atoms with E-state index in [1.54, 1.807) is 54.9 Å². The number of nitrogens with two attached hydrogens (primary N) is 1. The predicted molar refractivity (Wildman–Crippen MR) is 330 cm³/mol. The van der Waals surface area contributed by atoms with Crippen molar-refractivity contribution in [2.24, 2.45) is 5.41 Å². The molecule has 5 aromatic rings. The number of halogens is 1. The van der Waals surface area contributed by atoms with Crippen molar-refractivity contribution in [3.05, 3.63) is 118 Å². The standard InChI is InChI=1S/C66H87FN10O11/c1-42(69-5)61(79)72-59(66(2,3)4)64(82)76-40-46-35-49(21-19-44(46)36-57(76)62(80)71-53-17-10-14-43-13-8-9-16-50(43)53)88-34-33-87-32-31-86-30-29-85-28-27-84-26-23-48(78)15-11-25-77-65(83-7)58-45-37-56(60(68)70-39-45)75-24-12-18-55(75)52-38-47(67)20-22-51(52)63(81)74(6)41-54(58)73-77/h8-9,13,16,19-22,35,37-39,42,53,55,57,59,69H,10-12,14-15,17-18,23-34,36,40-41H2,1-7H3,(H2,68,70)(H,71,80)(H,72,79)/t42-,53+,55+,57-,59+/m0/s1. The number of likely N-dealkylation sites (N-methyl/N-ethyl adjacent to an activating group) is 1. The van der Waals surface area contributed by atoms with Crippen LogP contribution in [0.3, 0.4) is 0 Å². The van der Waals surface area contributed by atoms with Crippen molar-refractivity contribution in [2.45, 2.75) is 135 Å². The summed E-state index contributed by atoms with van der Waals surface area (Å²) in [5, 5.41) is 14.2. The van der Waals surface area contributed by atoms with Crippen LogP contribution in [-0.4, -0.2) is 159 Å². The Morgan fingerprint density at radius 1 is 0.830 bits per heavy atom. The number of aromatic nitrogens is 3. The van der Waals surface area contributed by atoms with Crippen LogP contribution in [0, 0.1) is 11.2 Å². The van der Waals surface area contributed by atoms with E-state index in [0.717, 1.165) is 54.4 Å². The number of fused-ring (bicyclic) bond motifs is 10. The van der Waals surface area contributed by atoms with Crippen molar-refractivity contribution in [1.82, 2.24) is 40.5 Å². The fraction of sp³-hybridized carbons (Fsp3) is 0.530. The second kappa shape index (κ2) is 30.1. The fourth-order valence-corrected chi connectivity index (χ4v) is 12.2. The monoisotopic (exact) mass is 1210 g/mol. The van der Waals surface area contributed by atoms with Crippen molar-refractivity contribution < 1.29 is 56.8 Å². The molecular formula is C66H87FN10O11. The van der Waals surface area contributed by atoms with Crippen molar-refractivity contribution in [1.29, 1.82) is 0 Å². The topological polar surface area (TPSA) is 243 Å². The first-order chi connectivity index (χ1) is 42.4. The Bertz CT molecular complexity index is 3260. The molecule has 0 spiro atoms. The number of carbonyl (C=O) groups excluding carboxylic acids is 5. The number of rotatable bonds is 27. The summed E-state index contributed by atoms with van der Waals surface area (Å²) in [5.74, 6) is -0.0429. The minimum atomic E-state index is -0.890. The van der Waals surface area contributed by atoms with E-state index in [1.165, 1.54) is 17.7 Å². The van der Waals surface area contributed by atoms with Gasteiger partial charge in [0.2, 0.25) is 23.6 Å². The van der Waals surface area contributed by atoms with Crippen molar-refractivity contribution in [3.63, 3.8) is 0 Å². The molecule has 2 bridgehead atoms. The zero-order valence-electron chi connectivity index (χ0n) is 52.0. The van der Waals surface area contributed by atoms with Crippen LogP contribution in [0.5, 0.6) is 11.6 Å². The van der Waals surface area contributed by atoms with Crippen molar-refractivity contribution in [3.8, 4) is 22.8 Å². The maximum atomic E-state index is 14.8. The van der Waals surface area contributed by atoms with Crippen molar-refractivity contribution in [2.75, 3.05) is 97.8 Å². The van der Waals surface area contributed by atoms with E-state index in [9.17, 15) is 28.4 Å². The third-order valence-corrected chi connectivity index (χ3v) is 17.0. The summed E-state index contributed by atoms with van der Waals surface area (Å²) >= 11 is 0. The quantitative estimate of drug-likeness (QED) is 0.0384. The number of carbonyl (C=O) groups is 5. The number of ether oxygens (including phenoxy) is 6. The van der Waals surface area contributed by atoms with Gasteiger partial charge in [0.05, 0.1) is 102 Å². The molecule has 4 aliphatic rings. The number of benzene rings is 3. The second-order valence-electron chi connectivity index (χ2n) is 24.2. The summed E-state index contributed by atoms with van der Waals surface area (Å²) in [6.45, 7) is 11.8. The summed E-state index contributed by atoms with van der Waals surface area (Å²) < 4.78 is 51.4. The Morgan fingerprint density at radius 2 is 1.56 bits per heavy atom. The number of nitrogens with one attached hydrogen (secondary N) is 3. The number of nitrogens with zero attached hydrogens (tertiary/aromatic N) is 6. The predicted octanol–water partition coefficient (Wildman–Crippen LogP) is 7.07. The molecule has 3 aromatic carbocycles. The largest absolute Gasteiger partial charge is 0.491 e. The normalized spacial score (nSPS) is 17.9. The van der Waals surface area contributed by atoms with Crippen LogP contribution in [0.1, 0.15) is 129 Å². The van der Waals surface area contributed by atoms with Crippen LogP contribution < -0.4 is 36.1 Å². The highest BCUT2D eigenvalue weighted by Crippen LogP contribution is 2.44. The van der Waals surface area contributed by atoms with E-state index >= 15 is 0 Å². The highest BCUT2D eigenvalue weighted by atomic mass is 19.1. The van der Waals surface area contributed by atoms with Gasteiger partial charge in [0, 0.05) is 63.3 Å². The first-order valence-electron chi connectivity index (χ1n) is 30.9. The minimum absolute atomic E-state index is 0.0498. The third-order valence-electron chi connectivity index (χ3n) is 17.0. The number of ketones is 1. The molecule has 5 heterocycles. The molecule has 21 nitrogen and oxygen atoms in total. The Balaban J connectivity index is 0.666. The lowest BCUT2D eigenvalue weighted by Gasteiger charge is -2.41. The first kappa shape index (κ1) is 65.0. The lowest BCUT2D eigenvalue weighted by Crippen LogP contribution is -2.62. The summed E-state index contributed by atoms with van der Waals surface area (Å²) in [7, 11) is 4.96. The maximum absolute atomic E-state index is 14.8. The highest BCUT2D eigenvalue weighted by Gasteiger charge is 2.43. The summed E-state index contributed by atoms with van der Waals surface area (Å²) in [6.07, 6.45) is 7.31. The molecule has 4 amide bonds. The van der Waals surface area contributed by atoms with E-state index in [-0.39, 0.29) is 74.2 Å². The molecule has 474 valence electrons. The van der Waals surface area contributed by atoms with Gasteiger partial charge in [0.1, 0.15) is 41.9 Å². The number of hydrogen-bond donors (Lipinski definition) is 4. The molecule has 5 N–H and O–H groups in total. The summed E-state index contributed by atoms with van der Waals surface area (Å²) in [6, 6.07) is 17.6. The molecule has 1 fully saturated rings. The molecule has 9 rings (SSSR count). The Labute approximate surface area is 515 Å². The van der Waals surface area contributed by atoms with E-state index in [2.05, 4.69) is 38.0 Å². The smallest absolute Gasteiger partial charge is 0.254 e. The van der Waals surface area contributed by atoms with Crippen LogP contribution in [0.2, 0.25) is 0 Å². The van der Waals surface area contributed by atoms with E-state index in [1.807, 2.05) is 57.2 Å². The van der Waals surface area contributed by atoms with Crippen LogP contribution in [0.15, 0.2) is 72.9 Å². The Morgan fingerprint density at radius 3 is 2.28 bits per heavy atom. The van der Waals surface area contributed by atoms with Crippen LogP contribution in [-0.2, 0) is 70.6 Å². The van der Waals surface area contributed by atoms with Gasteiger partial charge in [-0.3, -0.25) is 24.0 Å². The molecule has 5 atom stereocenters. The van der Waals surface area contributed by atoms with Gasteiger partial charge in [0.25, 0.3) is 5.91 Å². The average Bonchev–Trinajstić information content (AvgIpc) is 2.10. The minimum Gasteiger partial charge on any atom is -0.491 e. The average molecular weight is 1220 g/mol. The summed E-state index contributed by atoms with van der Waals surface area (Å²) in [4.78, 5) is 79.2. The number of amides is 4. The lowest BCUT2D eigenvalue weighted by molar-refractivity contribution is -0.147. The second-order valence-corrected chi connectivity index (χ2v) is 24.2. The molecule has 1 aliphatic carbocycles. The number of pyridine rings is 1. The van der Waals surface area contributed by atoms with Crippen molar-refractivity contribution >= 4 is 40.9 Å². The molecule has 1 saturated heterocycles. The molecule has 22 heteroatoms. The van der Waals surface area contributed by atoms with Crippen LogP contribution in [0.4, 0.5) is 15.9 Å². The van der Waals surface area contributed by atoms with Gasteiger partial charge in [-0.05, 0) is 122 Å². The molecule has 2 aromatic heterocycles. The fourth-order valence-electron chi connectivity index (χ4n) is 12.2. The van der Waals surface area contributed by atoms with E-state index in [0.29, 0.717) is 124 Å². The van der Waals surface area contributed by atoms with Gasteiger partial charge >= 0.3 is 0 Å². The zero-order chi connectivity index (χ0) is 62.5. The van der Waals surface area contributed by atoms with Gasteiger partial charge < -0.3 is 64.8 Å². The molecule has 88 heavy (non-hydrogen) atoms. The number of Topliss-reactive ketones (excluding diaryl/α,β-unsaturated/α-hetero) is 1. The van der Waals surface area contributed by atoms with E-state index in [4.69, 9.17) is 39.3 Å². The maximum Gasteiger partial charge on any atom is 0.254 e. The zero-order valence-corrected chi connectivity index (χ0v) is 52.0. The SMILES string of the molecule is CN[C@@H](C)C(=O)N[C@H](C(=O)N1Cc2cc(OCCOCCOCCOCCOCCC(=O)CCCn3nc4c(c3OC)-c3cnc(N)c(c3)N3CCC[C@@H]3c3cc(F)ccc3C(=O)N(C)C4)ccc2C[C@H]1C(=O)N[C@@H]1CCCc2ccccc21)C(C)(C)C. The van der Waals surface area contributed by atoms with Gasteiger partial charge in [0.15, 0.2) is 0 Å². The van der Waals surface area contributed by atoms with E-state index < -0.39 is 29.4 Å². The molecule has 3 aliphatic heterocycles. The number of nitrogen functional groups attached to an aromatic ring is 1.